The van der Waals surface area contributed by atoms with E-state index in [1.54, 1.807) is 22.8 Å². The summed E-state index contributed by atoms with van der Waals surface area (Å²) in [7, 11) is 0. The van der Waals surface area contributed by atoms with Gasteiger partial charge in [-0.3, -0.25) is 14.2 Å². The van der Waals surface area contributed by atoms with E-state index in [1.165, 1.54) is 0 Å². The number of Topliss-reactive ketones (excluding diaryl/α,β-unsaturated/α-hetero) is 1. The Bertz CT molecular complexity index is 926. The van der Waals surface area contributed by atoms with Gasteiger partial charge in [-0.05, 0) is 25.0 Å². The van der Waals surface area contributed by atoms with Crippen LogP contribution in [-0.2, 0) is 17.8 Å². The van der Waals surface area contributed by atoms with Crippen molar-refractivity contribution in [3.8, 4) is 10.4 Å². The molecule has 2 heterocycles. The fourth-order valence-electron chi connectivity index (χ4n) is 2.72. The van der Waals surface area contributed by atoms with Crippen LogP contribution < -0.4 is 5.56 Å². The average Bonchev–Trinajstić information content (AvgIpc) is 3.00. The van der Waals surface area contributed by atoms with E-state index < -0.39 is 0 Å². The Hall–Kier alpha value is -2.27. The molecule has 2 aromatic heterocycles. The Morgan fingerprint density at radius 3 is 2.67 bits per heavy atom. The summed E-state index contributed by atoms with van der Waals surface area (Å²) in [6.07, 6.45) is 2.01. The number of carbonyl (C=O) groups excluding carboxylic acids is 1. The number of hydrogen-bond donors (Lipinski definition) is 0. The molecule has 4 nitrogen and oxygen atoms in total. The van der Waals surface area contributed by atoms with Gasteiger partial charge in [0.1, 0.15) is 16.4 Å². The molecule has 0 saturated carbocycles. The van der Waals surface area contributed by atoms with Gasteiger partial charge in [0.2, 0.25) is 0 Å². The molecular formula is C19H20N2O2S. The van der Waals surface area contributed by atoms with Crippen LogP contribution in [0.4, 0.5) is 0 Å². The average molecular weight is 340 g/mol. The topological polar surface area (TPSA) is 52.0 Å². The molecule has 1 aromatic carbocycles. The van der Waals surface area contributed by atoms with Gasteiger partial charge in [0, 0.05) is 24.3 Å². The molecule has 0 aliphatic rings. The summed E-state index contributed by atoms with van der Waals surface area (Å²) in [6.45, 7) is 4.02. The summed E-state index contributed by atoms with van der Waals surface area (Å²) in [5.74, 6) is 0.859. The summed E-state index contributed by atoms with van der Waals surface area (Å²) in [5.41, 5.74) is 1.05. The Balaban J connectivity index is 2.13. The van der Waals surface area contributed by atoms with Gasteiger partial charge in [0.05, 0.1) is 5.39 Å². The Morgan fingerprint density at radius 1 is 1.25 bits per heavy atom. The number of ketones is 1. The number of rotatable bonds is 6. The molecule has 0 N–H and O–H groups in total. The highest BCUT2D eigenvalue weighted by Gasteiger charge is 2.14. The Morgan fingerprint density at radius 2 is 2.00 bits per heavy atom. The number of nitrogens with zero attached hydrogens (tertiary/aromatic N) is 2. The lowest BCUT2D eigenvalue weighted by atomic mass is 10.2. The van der Waals surface area contributed by atoms with E-state index in [4.69, 9.17) is 4.98 Å². The molecule has 0 spiro atoms. The van der Waals surface area contributed by atoms with E-state index in [2.05, 4.69) is 6.92 Å². The summed E-state index contributed by atoms with van der Waals surface area (Å²) < 4.78 is 1.68. The highest BCUT2D eigenvalue weighted by atomic mass is 32.1. The van der Waals surface area contributed by atoms with Crippen LogP contribution in [0.15, 0.2) is 41.2 Å². The van der Waals surface area contributed by atoms with Crippen LogP contribution >= 0.6 is 11.3 Å². The molecule has 0 aliphatic heterocycles. The molecule has 0 radical (unpaired) electrons. The van der Waals surface area contributed by atoms with Gasteiger partial charge >= 0.3 is 0 Å². The van der Waals surface area contributed by atoms with Crippen molar-refractivity contribution in [2.24, 2.45) is 0 Å². The lowest BCUT2D eigenvalue weighted by Crippen LogP contribution is -2.25. The maximum atomic E-state index is 12.9. The number of fused-ring (bicyclic) bond motifs is 1. The van der Waals surface area contributed by atoms with Crippen molar-refractivity contribution < 1.29 is 4.79 Å². The van der Waals surface area contributed by atoms with E-state index in [0.717, 1.165) is 33.9 Å². The smallest absolute Gasteiger partial charge is 0.262 e. The van der Waals surface area contributed by atoms with Crippen LogP contribution in [0.2, 0.25) is 0 Å². The molecule has 124 valence electrons. The monoisotopic (exact) mass is 340 g/mol. The number of benzene rings is 1. The largest absolute Gasteiger partial charge is 0.300 e. The maximum Gasteiger partial charge on any atom is 0.262 e. The van der Waals surface area contributed by atoms with Crippen LogP contribution in [0, 0.1) is 0 Å². The molecule has 24 heavy (non-hydrogen) atoms. The first-order valence-corrected chi connectivity index (χ1v) is 9.00. The van der Waals surface area contributed by atoms with Gasteiger partial charge < -0.3 is 0 Å². The summed E-state index contributed by atoms with van der Waals surface area (Å²) in [6, 6.07) is 11.9. The third-order valence-electron chi connectivity index (χ3n) is 3.95. The highest BCUT2D eigenvalue weighted by molar-refractivity contribution is 7.21. The van der Waals surface area contributed by atoms with Gasteiger partial charge in [-0.25, -0.2) is 4.98 Å². The van der Waals surface area contributed by atoms with Crippen LogP contribution in [0.3, 0.4) is 0 Å². The van der Waals surface area contributed by atoms with E-state index in [9.17, 15) is 9.59 Å². The minimum atomic E-state index is -0.0388. The number of carbonyl (C=O) groups is 1. The molecular weight excluding hydrogens is 320 g/mol. The van der Waals surface area contributed by atoms with Gasteiger partial charge in [-0.15, -0.1) is 11.3 Å². The van der Waals surface area contributed by atoms with Crippen molar-refractivity contribution in [2.45, 2.75) is 39.7 Å². The van der Waals surface area contributed by atoms with Gasteiger partial charge in [0.15, 0.2) is 0 Å². The fraction of sp³-hybridized carbons (Fsp3) is 0.316. The fourth-order valence-corrected chi connectivity index (χ4v) is 3.76. The van der Waals surface area contributed by atoms with Crippen LogP contribution in [-0.4, -0.2) is 15.3 Å². The van der Waals surface area contributed by atoms with Gasteiger partial charge in [0.25, 0.3) is 5.56 Å². The number of hydrogen-bond acceptors (Lipinski definition) is 4. The molecule has 0 bridgehead atoms. The van der Waals surface area contributed by atoms with Crippen LogP contribution in [0.5, 0.6) is 0 Å². The third-order valence-corrected chi connectivity index (χ3v) is 5.03. The zero-order valence-corrected chi connectivity index (χ0v) is 14.7. The van der Waals surface area contributed by atoms with Crippen molar-refractivity contribution >= 4 is 27.3 Å². The van der Waals surface area contributed by atoms with Crippen molar-refractivity contribution in [2.75, 3.05) is 0 Å². The third kappa shape index (κ3) is 3.31. The minimum Gasteiger partial charge on any atom is -0.300 e. The predicted molar refractivity (Wildman–Crippen MR) is 98.6 cm³/mol. The van der Waals surface area contributed by atoms with E-state index in [-0.39, 0.29) is 11.3 Å². The molecule has 5 heteroatoms. The van der Waals surface area contributed by atoms with Crippen molar-refractivity contribution in [3.63, 3.8) is 0 Å². The molecule has 3 aromatic rings. The molecule has 0 saturated heterocycles. The molecule has 3 rings (SSSR count). The second-order valence-electron chi connectivity index (χ2n) is 5.88. The molecule has 0 fully saturated rings. The summed E-state index contributed by atoms with van der Waals surface area (Å²) in [4.78, 5) is 30.8. The van der Waals surface area contributed by atoms with Crippen LogP contribution in [0.25, 0.3) is 20.7 Å². The first-order chi connectivity index (χ1) is 11.6. The SMILES string of the molecule is CCCc1nc2sc(-c3ccccc3)cc2c(=O)n1CCC(C)=O. The normalized spacial score (nSPS) is 11.1. The lowest BCUT2D eigenvalue weighted by Gasteiger charge is -2.10. The van der Waals surface area contributed by atoms with Crippen LogP contribution in [0.1, 0.15) is 32.5 Å². The van der Waals surface area contributed by atoms with Gasteiger partial charge in [-0.1, -0.05) is 37.3 Å². The Kier molecular flexibility index (Phi) is 4.90. The second kappa shape index (κ2) is 7.09. The minimum absolute atomic E-state index is 0.0388. The number of aromatic nitrogens is 2. The maximum absolute atomic E-state index is 12.9. The molecule has 0 unspecified atom stereocenters. The van der Waals surface area contributed by atoms with Crippen molar-refractivity contribution in [1.82, 2.24) is 9.55 Å². The van der Waals surface area contributed by atoms with E-state index >= 15 is 0 Å². The summed E-state index contributed by atoms with van der Waals surface area (Å²) >= 11 is 1.55. The second-order valence-corrected chi connectivity index (χ2v) is 6.91. The first-order valence-electron chi connectivity index (χ1n) is 8.18. The lowest BCUT2D eigenvalue weighted by molar-refractivity contribution is -0.117. The summed E-state index contributed by atoms with van der Waals surface area (Å²) in [5, 5.41) is 0.641. The Labute approximate surface area is 144 Å². The molecule has 0 amide bonds. The standard InChI is InChI=1S/C19H20N2O2S/c1-3-7-17-20-18-15(19(23)21(17)11-10-13(2)22)12-16(24-18)14-8-5-4-6-9-14/h4-6,8-9,12H,3,7,10-11H2,1-2H3. The quantitative estimate of drug-likeness (QED) is 0.680. The number of thiophene rings is 1. The first kappa shape index (κ1) is 16.6. The molecule has 0 atom stereocenters. The van der Waals surface area contributed by atoms with Crippen molar-refractivity contribution in [1.29, 1.82) is 0 Å². The highest BCUT2D eigenvalue weighted by Crippen LogP contribution is 2.31. The van der Waals surface area contributed by atoms with E-state index in [0.29, 0.717) is 18.4 Å². The van der Waals surface area contributed by atoms with Gasteiger partial charge in [-0.2, -0.15) is 0 Å². The number of aryl methyl sites for hydroxylation is 1. The zero-order chi connectivity index (χ0) is 17.1. The van der Waals surface area contributed by atoms with E-state index in [1.807, 2.05) is 36.4 Å². The zero-order valence-electron chi connectivity index (χ0n) is 13.9. The molecule has 0 aliphatic carbocycles. The van der Waals surface area contributed by atoms with Crippen molar-refractivity contribution in [3.05, 3.63) is 52.6 Å². The predicted octanol–water partition coefficient (Wildman–Crippen LogP) is 4.06.